The molecule has 0 saturated heterocycles. The van der Waals surface area contributed by atoms with Crippen molar-refractivity contribution < 1.29 is 13.0 Å². The fourth-order valence-electron chi connectivity index (χ4n) is 3.33. The number of rotatable bonds is 3. The van der Waals surface area contributed by atoms with Crippen LogP contribution in [0, 0.1) is 6.92 Å². The summed E-state index contributed by atoms with van der Waals surface area (Å²) in [7, 11) is -4.37. The number of thiazole rings is 2. The number of nitrogen functional groups attached to an aromatic ring is 1. The highest BCUT2D eigenvalue weighted by molar-refractivity contribution is 7.86. The van der Waals surface area contributed by atoms with Crippen LogP contribution < -0.4 is 5.73 Å². The van der Waals surface area contributed by atoms with Gasteiger partial charge in [-0.25, -0.2) is 9.97 Å². The van der Waals surface area contributed by atoms with E-state index in [0.717, 1.165) is 26.4 Å². The van der Waals surface area contributed by atoms with Gasteiger partial charge in [0.25, 0.3) is 10.1 Å². The van der Waals surface area contributed by atoms with E-state index in [-0.39, 0.29) is 4.90 Å². The lowest BCUT2D eigenvalue weighted by atomic mass is 10.2. The minimum Gasteiger partial charge on any atom is -0.399 e. The Hall–Kier alpha value is -2.85. The van der Waals surface area contributed by atoms with E-state index in [2.05, 4.69) is 4.98 Å². The lowest BCUT2D eigenvalue weighted by Gasteiger charge is -2.02. The van der Waals surface area contributed by atoms with Gasteiger partial charge in [0.1, 0.15) is 20.4 Å². The van der Waals surface area contributed by atoms with Crippen LogP contribution in [0.4, 0.5) is 5.69 Å². The number of benzene rings is 3. The predicted octanol–water partition coefficient (Wildman–Crippen LogP) is 5.38. The standard InChI is InChI=1S/C21H15N3O3S3/c1-11-2-8-17-18(19(11)30(25,26)27)24-21(29-17)13-5-9-16-15(10-13)23-20(28-16)12-3-6-14(22)7-4-12/h2-10H,22H2,1H3,(H,25,26,27). The van der Waals surface area contributed by atoms with Crippen molar-refractivity contribution in [1.29, 1.82) is 0 Å². The fourth-order valence-corrected chi connectivity index (χ4v) is 6.19. The number of hydrogen-bond donors (Lipinski definition) is 2. The number of nitrogens with two attached hydrogens (primary N) is 1. The third-order valence-electron chi connectivity index (χ3n) is 4.76. The molecule has 0 bridgehead atoms. The maximum Gasteiger partial charge on any atom is 0.296 e. The van der Waals surface area contributed by atoms with E-state index in [9.17, 15) is 13.0 Å². The summed E-state index contributed by atoms with van der Waals surface area (Å²) in [5.74, 6) is 0. The molecule has 3 N–H and O–H groups in total. The Morgan fingerprint density at radius 1 is 0.867 bits per heavy atom. The first kappa shape index (κ1) is 19.1. The summed E-state index contributed by atoms with van der Waals surface area (Å²) in [6.07, 6.45) is 0. The third kappa shape index (κ3) is 3.25. The van der Waals surface area contributed by atoms with Crippen LogP contribution in [0.5, 0.6) is 0 Å². The molecule has 0 saturated carbocycles. The first-order valence-electron chi connectivity index (χ1n) is 8.94. The zero-order valence-corrected chi connectivity index (χ0v) is 18.1. The number of anilines is 1. The molecule has 2 heterocycles. The second kappa shape index (κ2) is 6.85. The van der Waals surface area contributed by atoms with E-state index < -0.39 is 10.1 Å². The monoisotopic (exact) mass is 453 g/mol. The number of fused-ring (bicyclic) bond motifs is 2. The fraction of sp³-hybridized carbons (Fsp3) is 0.0476. The number of hydrogen-bond acceptors (Lipinski definition) is 7. The molecule has 0 aliphatic heterocycles. The van der Waals surface area contributed by atoms with Crippen molar-refractivity contribution in [2.24, 2.45) is 0 Å². The molecule has 0 aliphatic carbocycles. The number of nitrogens with zero attached hydrogens (tertiary/aromatic N) is 2. The molecule has 5 aromatic rings. The molecule has 0 radical (unpaired) electrons. The molecule has 0 amide bonds. The Labute approximate surface area is 180 Å². The molecule has 0 aliphatic rings. The van der Waals surface area contributed by atoms with Gasteiger partial charge in [-0.15, -0.1) is 22.7 Å². The maximum absolute atomic E-state index is 11.9. The molecule has 3 aromatic carbocycles. The molecule has 0 spiro atoms. The van der Waals surface area contributed by atoms with Crippen LogP contribution in [0.1, 0.15) is 5.56 Å². The first-order valence-corrected chi connectivity index (χ1v) is 12.0. The van der Waals surface area contributed by atoms with Crippen molar-refractivity contribution in [2.45, 2.75) is 11.8 Å². The Morgan fingerprint density at radius 3 is 2.23 bits per heavy atom. The van der Waals surface area contributed by atoms with Gasteiger partial charge in [-0.2, -0.15) is 8.42 Å². The van der Waals surface area contributed by atoms with Crippen molar-refractivity contribution in [3.63, 3.8) is 0 Å². The van der Waals surface area contributed by atoms with Gasteiger partial charge in [-0.3, -0.25) is 4.55 Å². The maximum atomic E-state index is 11.9. The highest BCUT2D eigenvalue weighted by atomic mass is 32.2. The van der Waals surface area contributed by atoms with Crippen LogP contribution in [-0.4, -0.2) is 22.9 Å². The van der Waals surface area contributed by atoms with E-state index in [1.807, 2.05) is 48.5 Å². The van der Waals surface area contributed by atoms with Crippen LogP contribution in [0.3, 0.4) is 0 Å². The summed E-state index contributed by atoms with van der Waals surface area (Å²) in [5, 5.41) is 1.57. The van der Waals surface area contributed by atoms with Crippen LogP contribution in [-0.2, 0) is 10.1 Å². The third-order valence-corrected chi connectivity index (χ3v) is 7.95. The van der Waals surface area contributed by atoms with Crippen molar-refractivity contribution in [3.05, 3.63) is 60.2 Å². The summed E-state index contributed by atoms with van der Waals surface area (Å²) >= 11 is 2.97. The van der Waals surface area contributed by atoms with Crippen LogP contribution in [0.25, 0.3) is 41.6 Å². The average molecular weight is 454 g/mol. The van der Waals surface area contributed by atoms with Gasteiger partial charge >= 0.3 is 0 Å². The zero-order chi connectivity index (χ0) is 21.0. The summed E-state index contributed by atoms with van der Waals surface area (Å²) in [6.45, 7) is 1.64. The Morgan fingerprint density at radius 2 is 1.50 bits per heavy atom. The second-order valence-electron chi connectivity index (χ2n) is 6.88. The van der Waals surface area contributed by atoms with Gasteiger partial charge in [0.15, 0.2) is 0 Å². The van der Waals surface area contributed by atoms with Crippen LogP contribution in [0.15, 0.2) is 59.5 Å². The van der Waals surface area contributed by atoms with Gasteiger partial charge in [0.05, 0.1) is 14.9 Å². The van der Waals surface area contributed by atoms with E-state index in [4.69, 9.17) is 10.7 Å². The summed E-state index contributed by atoms with van der Waals surface area (Å²) in [6, 6.07) is 17.0. The Bertz CT molecular complexity index is 1530. The van der Waals surface area contributed by atoms with Crippen LogP contribution >= 0.6 is 22.7 Å². The minimum absolute atomic E-state index is 0.136. The smallest absolute Gasteiger partial charge is 0.296 e. The molecular formula is C21H15N3O3S3. The van der Waals surface area contributed by atoms with E-state index in [1.165, 1.54) is 11.3 Å². The number of aromatic nitrogens is 2. The van der Waals surface area contributed by atoms with E-state index in [1.54, 1.807) is 24.3 Å². The van der Waals surface area contributed by atoms with Crippen molar-refractivity contribution in [1.82, 2.24) is 9.97 Å². The quantitative estimate of drug-likeness (QED) is 0.281. The lowest BCUT2D eigenvalue weighted by molar-refractivity contribution is 0.483. The van der Waals surface area contributed by atoms with Crippen molar-refractivity contribution in [3.8, 4) is 21.1 Å². The SMILES string of the molecule is Cc1ccc2sc(-c3ccc4sc(-c5ccc(N)cc5)nc4c3)nc2c1S(=O)(=O)O. The highest BCUT2D eigenvalue weighted by Gasteiger charge is 2.21. The number of aryl methyl sites for hydroxylation is 1. The van der Waals surface area contributed by atoms with Crippen molar-refractivity contribution >= 4 is 58.9 Å². The lowest BCUT2D eigenvalue weighted by Crippen LogP contribution is -2.01. The molecule has 5 rings (SSSR count). The molecule has 150 valence electrons. The highest BCUT2D eigenvalue weighted by Crippen LogP contribution is 2.37. The van der Waals surface area contributed by atoms with Gasteiger partial charge in [0, 0.05) is 16.8 Å². The Balaban J connectivity index is 1.63. The van der Waals surface area contributed by atoms with E-state index in [0.29, 0.717) is 26.5 Å². The van der Waals surface area contributed by atoms with Gasteiger partial charge in [-0.05, 0) is 55.0 Å². The average Bonchev–Trinajstić information content (AvgIpc) is 3.30. The second-order valence-corrected chi connectivity index (χ2v) is 10.3. The van der Waals surface area contributed by atoms with Crippen LogP contribution in [0.2, 0.25) is 0 Å². The summed E-state index contributed by atoms with van der Waals surface area (Å²) < 4.78 is 35.1. The predicted molar refractivity (Wildman–Crippen MR) is 123 cm³/mol. The van der Waals surface area contributed by atoms with Gasteiger partial charge < -0.3 is 5.73 Å². The molecule has 30 heavy (non-hydrogen) atoms. The topological polar surface area (TPSA) is 106 Å². The van der Waals surface area contributed by atoms with E-state index >= 15 is 0 Å². The molecule has 0 unspecified atom stereocenters. The molecule has 9 heteroatoms. The first-order chi connectivity index (χ1) is 14.3. The zero-order valence-electron chi connectivity index (χ0n) is 15.7. The van der Waals surface area contributed by atoms with Gasteiger partial charge in [0.2, 0.25) is 0 Å². The summed E-state index contributed by atoms with van der Waals surface area (Å²) in [4.78, 5) is 9.14. The molecule has 0 fully saturated rings. The summed E-state index contributed by atoms with van der Waals surface area (Å²) in [5.41, 5.74) is 9.91. The minimum atomic E-state index is -4.37. The molecule has 0 atom stereocenters. The van der Waals surface area contributed by atoms with Crippen molar-refractivity contribution in [2.75, 3.05) is 5.73 Å². The molecular weight excluding hydrogens is 438 g/mol. The normalized spacial score (nSPS) is 12.1. The molecule has 2 aromatic heterocycles. The van der Waals surface area contributed by atoms with Gasteiger partial charge in [-0.1, -0.05) is 12.1 Å². The Kier molecular flexibility index (Phi) is 4.37. The largest absolute Gasteiger partial charge is 0.399 e. The molecule has 6 nitrogen and oxygen atoms in total.